The molecule has 0 spiro atoms. The third kappa shape index (κ3) is 5.14. The zero-order valence-corrected chi connectivity index (χ0v) is 14.8. The minimum atomic E-state index is -3.39. The highest BCUT2D eigenvalue weighted by atomic mass is 32.2. The monoisotopic (exact) mass is 337 g/mol. The van der Waals surface area contributed by atoms with Crippen molar-refractivity contribution in [1.82, 2.24) is 14.9 Å². The van der Waals surface area contributed by atoms with E-state index >= 15 is 0 Å². The minimum absolute atomic E-state index is 0.0286. The Morgan fingerprint density at radius 2 is 1.91 bits per heavy atom. The second-order valence-corrected chi connectivity index (χ2v) is 8.40. The Hall–Kier alpha value is -1.73. The maximum atomic E-state index is 12.1. The number of aromatic nitrogens is 2. The van der Waals surface area contributed by atoms with Crippen LogP contribution in [0.2, 0.25) is 0 Å². The molecule has 126 valence electrons. The molecule has 2 rings (SSSR count). The van der Waals surface area contributed by atoms with Gasteiger partial charge in [-0.1, -0.05) is 50.2 Å². The van der Waals surface area contributed by atoms with Crippen LogP contribution in [0.25, 0.3) is 0 Å². The second-order valence-electron chi connectivity index (χ2n) is 6.60. The first-order valence-electron chi connectivity index (χ1n) is 7.52. The molecule has 0 radical (unpaired) electrons. The third-order valence-corrected chi connectivity index (χ3v) is 4.72. The first-order valence-corrected chi connectivity index (χ1v) is 9.17. The van der Waals surface area contributed by atoms with Crippen molar-refractivity contribution >= 4 is 10.0 Å². The number of rotatable bonds is 6. The lowest BCUT2D eigenvalue weighted by Crippen LogP contribution is -2.27. The predicted octanol–water partition coefficient (Wildman–Crippen LogP) is 2.34. The molecule has 1 N–H and O–H groups in total. The smallest absolute Gasteiger partial charge is 0.232 e. The van der Waals surface area contributed by atoms with Gasteiger partial charge in [0.05, 0.1) is 5.75 Å². The molecule has 0 unspecified atom stereocenters. The Morgan fingerprint density at radius 3 is 2.52 bits per heavy atom. The Bertz CT molecular complexity index is 761. The van der Waals surface area contributed by atoms with Crippen LogP contribution in [0.4, 0.5) is 0 Å². The Morgan fingerprint density at radius 1 is 1.22 bits per heavy atom. The van der Waals surface area contributed by atoms with Gasteiger partial charge in [0.25, 0.3) is 0 Å². The Balaban J connectivity index is 1.90. The third-order valence-electron chi connectivity index (χ3n) is 3.39. The Kier molecular flexibility index (Phi) is 5.21. The van der Waals surface area contributed by atoms with Crippen molar-refractivity contribution < 1.29 is 12.9 Å². The summed E-state index contributed by atoms with van der Waals surface area (Å²) in [6.45, 7) is 8.09. The van der Waals surface area contributed by atoms with Gasteiger partial charge < -0.3 is 4.52 Å². The van der Waals surface area contributed by atoms with Crippen LogP contribution in [0, 0.1) is 6.92 Å². The second kappa shape index (κ2) is 6.80. The summed E-state index contributed by atoms with van der Waals surface area (Å²) in [7, 11) is -3.39. The molecule has 0 aliphatic heterocycles. The van der Waals surface area contributed by atoms with Gasteiger partial charge in [0.15, 0.2) is 5.82 Å². The highest BCUT2D eigenvalue weighted by Crippen LogP contribution is 2.19. The molecular weight excluding hydrogens is 314 g/mol. The maximum Gasteiger partial charge on any atom is 0.232 e. The van der Waals surface area contributed by atoms with E-state index in [1.54, 1.807) is 0 Å². The van der Waals surface area contributed by atoms with Gasteiger partial charge >= 0.3 is 0 Å². The molecule has 0 saturated carbocycles. The minimum Gasteiger partial charge on any atom is -0.339 e. The first-order chi connectivity index (χ1) is 10.7. The average Bonchev–Trinajstić information content (AvgIpc) is 2.90. The van der Waals surface area contributed by atoms with Crippen LogP contribution < -0.4 is 4.72 Å². The van der Waals surface area contributed by atoms with Crippen LogP contribution in [0.15, 0.2) is 28.8 Å². The van der Waals surface area contributed by atoms with Crippen molar-refractivity contribution in [2.75, 3.05) is 6.54 Å². The van der Waals surface area contributed by atoms with E-state index in [0.717, 1.165) is 11.1 Å². The highest BCUT2D eigenvalue weighted by Gasteiger charge is 2.21. The SMILES string of the molecule is Cc1ccccc1CS(=O)(=O)NCCc1noc(C(C)(C)C)n1. The van der Waals surface area contributed by atoms with Crippen LogP contribution in [0.3, 0.4) is 0 Å². The predicted molar refractivity (Wildman–Crippen MR) is 88.5 cm³/mol. The molecule has 7 heteroatoms. The first kappa shape index (κ1) is 17.6. The largest absolute Gasteiger partial charge is 0.339 e. The van der Waals surface area contributed by atoms with Gasteiger partial charge in [-0.3, -0.25) is 0 Å². The molecule has 1 heterocycles. The van der Waals surface area contributed by atoms with Crippen molar-refractivity contribution in [2.24, 2.45) is 0 Å². The van der Waals surface area contributed by atoms with Gasteiger partial charge in [-0.05, 0) is 18.1 Å². The molecule has 0 fully saturated rings. The number of hydrogen-bond acceptors (Lipinski definition) is 5. The quantitative estimate of drug-likeness (QED) is 0.874. The van der Waals surface area contributed by atoms with E-state index in [4.69, 9.17) is 4.52 Å². The standard InChI is InChI=1S/C16H23N3O3S/c1-12-7-5-6-8-13(12)11-23(20,21)17-10-9-14-18-15(22-19-14)16(2,3)4/h5-8,17H,9-11H2,1-4H3. The number of aryl methyl sites for hydroxylation is 1. The molecular formula is C16H23N3O3S. The van der Waals surface area contributed by atoms with E-state index in [0.29, 0.717) is 18.1 Å². The summed E-state index contributed by atoms with van der Waals surface area (Å²) in [5.74, 6) is 1.03. The van der Waals surface area contributed by atoms with E-state index in [2.05, 4.69) is 14.9 Å². The van der Waals surface area contributed by atoms with Crippen LogP contribution in [0.5, 0.6) is 0 Å². The van der Waals surface area contributed by atoms with Crippen molar-refractivity contribution in [3.05, 3.63) is 47.1 Å². The van der Waals surface area contributed by atoms with Gasteiger partial charge in [-0.15, -0.1) is 0 Å². The van der Waals surface area contributed by atoms with Gasteiger partial charge in [0.1, 0.15) is 0 Å². The fourth-order valence-electron chi connectivity index (χ4n) is 2.01. The van der Waals surface area contributed by atoms with E-state index in [-0.39, 0.29) is 17.7 Å². The molecule has 0 amide bonds. The number of sulfonamides is 1. The van der Waals surface area contributed by atoms with Crippen LogP contribution in [0.1, 0.15) is 43.6 Å². The van der Waals surface area contributed by atoms with Crippen molar-refractivity contribution in [1.29, 1.82) is 0 Å². The zero-order valence-electron chi connectivity index (χ0n) is 14.0. The molecule has 1 aromatic heterocycles. The number of benzene rings is 1. The fourth-order valence-corrected chi connectivity index (χ4v) is 3.25. The highest BCUT2D eigenvalue weighted by molar-refractivity contribution is 7.88. The molecule has 0 aliphatic rings. The maximum absolute atomic E-state index is 12.1. The molecule has 23 heavy (non-hydrogen) atoms. The summed E-state index contributed by atoms with van der Waals surface area (Å²) in [6, 6.07) is 7.45. The summed E-state index contributed by atoms with van der Waals surface area (Å²) >= 11 is 0. The summed E-state index contributed by atoms with van der Waals surface area (Å²) in [5.41, 5.74) is 1.55. The van der Waals surface area contributed by atoms with E-state index in [9.17, 15) is 8.42 Å². The van der Waals surface area contributed by atoms with Crippen molar-refractivity contribution in [3.63, 3.8) is 0 Å². The fraction of sp³-hybridized carbons (Fsp3) is 0.500. The average molecular weight is 337 g/mol. The molecule has 0 aliphatic carbocycles. The topological polar surface area (TPSA) is 85.1 Å². The van der Waals surface area contributed by atoms with Crippen LogP contribution in [-0.2, 0) is 27.6 Å². The van der Waals surface area contributed by atoms with Gasteiger partial charge in [0, 0.05) is 18.4 Å². The zero-order chi connectivity index (χ0) is 17.1. The number of hydrogen-bond donors (Lipinski definition) is 1. The lowest BCUT2D eigenvalue weighted by molar-refractivity contribution is 0.318. The molecule has 0 atom stereocenters. The summed E-state index contributed by atoms with van der Waals surface area (Å²) in [6.07, 6.45) is 0.395. The van der Waals surface area contributed by atoms with Crippen molar-refractivity contribution in [2.45, 2.75) is 45.3 Å². The van der Waals surface area contributed by atoms with Crippen molar-refractivity contribution in [3.8, 4) is 0 Å². The number of nitrogens with zero attached hydrogens (tertiary/aromatic N) is 2. The Labute approximate surface area is 137 Å². The van der Waals surface area contributed by atoms with Gasteiger partial charge in [-0.25, -0.2) is 13.1 Å². The van der Waals surface area contributed by atoms with E-state index in [1.807, 2.05) is 52.0 Å². The van der Waals surface area contributed by atoms with Crippen LogP contribution in [-0.4, -0.2) is 25.1 Å². The van der Waals surface area contributed by atoms with E-state index in [1.165, 1.54) is 0 Å². The normalized spacial score (nSPS) is 12.5. The lowest BCUT2D eigenvalue weighted by atomic mass is 9.97. The van der Waals surface area contributed by atoms with E-state index < -0.39 is 10.0 Å². The summed E-state index contributed by atoms with van der Waals surface area (Å²) in [5, 5.41) is 3.88. The van der Waals surface area contributed by atoms with Crippen LogP contribution >= 0.6 is 0 Å². The molecule has 1 aromatic carbocycles. The summed E-state index contributed by atoms with van der Waals surface area (Å²) in [4.78, 5) is 4.29. The molecule has 6 nitrogen and oxygen atoms in total. The molecule has 0 bridgehead atoms. The summed E-state index contributed by atoms with van der Waals surface area (Å²) < 4.78 is 32.0. The molecule has 0 saturated heterocycles. The van der Waals surface area contributed by atoms with Gasteiger partial charge in [-0.2, -0.15) is 4.98 Å². The van der Waals surface area contributed by atoms with Gasteiger partial charge in [0.2, 0.25) is 15.9 Å². The molecule has 2 aromatic rings. The lowest BCUT2D eigenvalue weighted by Gasteiger charge is -2.10. The number of nitrogens with one attached hydrogen (secondary N) is 1.